The average molecular weight is 217 g/mol. The number of hydrogen-bond donors (Lipinski definition) is 1. The maximum atomic E-state index is 11.6. The minimum atomic E-state index is -0.876. The monoisotopic (exact) mass is 217 g/mol. The molecule has 1 atom stereocenters. The van der Waals surface area contributed by atoms with Crippen LogP contribution in [-0.4, -0.2) is 46.5 Å². The molecule has 0 bridgehead atoms. The molecule has 1 aliphatic heterocycles. The summed E-state index contributed by atoms with van der Waals surface area (Å²) >= 11 is 1.43. The van der Waals surface area contributed by atoms with Crippen molar-refractivity contribution in [3.8, 4) is 0 Å². The molecule has 1 N–H and O–H groups in total. The zero-order valence-corrected chi connectivity index (χ0v) is 9.05. The molecule has 0 aliphatic carbocycles. The van der Waals surface area contributed by atoms with Gasteiger partial charge in [0.1, 0.15) is 6.04 Å². The van der Waals surface area contributed by atoms with Crippen molar-refractivity contribution < 1.29 is 14.7 Å². The normalized spacial score (nSPS) is 22.1. The SMILES string of the molecule is CSCC(=O)N1CCCC[C@@H]1C(=O)O. The highest BCUT2D eigenvalue weighted by Crippen LogP contribution is 2.18. The first-order valence-electron chi connectivity index (χ1n) is 4.68. The molecule has 1 rings (SSSR count). The molecule has 0 unspecified atom stereocenters. The van der Waals surface area contributed by atoms with Crippen molar-refractivity contribution in [2.45, 2.75) is 25.3 Å². The summed E-state index contributed by atoms with van der Waals surface area (Å²) < 4.78 is 0. The number of nitrogens with zero attached hydrogens (tertiary/aromatic N) is 1. The highest BCUT2D eigenvalue weighted by atomic mass is 32.2. The van der Waals surface area contributed by atoms with Gasteiger partial charge in [0.05, 0.1) is 5.75 Å². The van der Waals surface area contributed by atoms with E-state index in [2.05, 4.69) is 0 Å². The lowest BCUT2D eigenvalue weighted by molar-refractivity contribution is -0.150. The molecule has 4 nitrogen and oxygen atoms in total. The van der Waals surface area contributed by atoms with E-state index in [0.717, 1.165) is 12.8 Å². The smallest absolute Gasteiger partial charge is 0.326 e. The molecular formula is C9H15NO3S. The van der Waals surface area contributed by atoms with Gasteiger partial charge < -0.3 is 10.0 Å². The largest absolute Gasteiger partial charge is 0.480 e. The number of carbonyl (C=O) groups is 2. The molecule has 0 spiro atoms. The zero-order chi connectivity index (χ0) is 10.6. The number of aliphatic carboxylic acids is 1. The molecule has 0 aromatic carbocycles. The number of carboxylic acids is 1. The van der Waals surface area contributed by atoms with Crippen LogP contribution in [0.1, 0.15) is 19.3 Å². The Balaban J connectivity index is 2.62. The second-order valence-corrected chi connectivity index (χ2v) is 4.24. The zero-order valence-electron chi connectivity index (χ0n) is 8.23. The van der Waals surface area contributed by atoms with E-state index in [0.29, 0.717) is 18.7 Å². The lowest BCUT2D eigenvalue weighted by Gasteiger charge is -2.32. The molecule has 1 saturated heterocycles. The highest BCUT2D eigenvalue weighted by molar-refractivity contribution is 7.99. The third-order valence-electron chi connectivity index (χ3n) is 2.38. The first kappa shape index (κ1) is 11.4. The van der Waals surface area contributed by atoms with Crippen LogP contribution in [0.5, 0.6) is 0 Å². The van der Waals surface area contributed by atoms with Crippen LogP contribution in [0.25, 0.3) is 0 Å². The van der Waals surface area contributed by atoms with Gasteiger partial charge in [0.2, 0.25) is 5.91 Å². The summed E-state index contributed by atoms with van der Waals surface area (Å²) in [6, 6.07) is -0.594. The van der Waals surface area contributed by atoms with Crippen LogP contribution in [0.4, 0.5) is 0 Å². The standard InChI is InChI=1S/C9H15NO3S/c1-14-6-8(11)10-5-3-2-4-7(10)9(12)13/h7H,2-6H2,1H3,(H,12,13)/t7-/m1/s1. The first-order valence-corrected chi connectivity index (χ1v) is 6.07. The van der Waals surface area contributed by atoms with Gasteiger partial charge in [-0.15, -0.1) is 0 Å². The van der Waals surface area contributed by atoms with Crippen LogP contribution in [0, 0.1) is 0 Å². The van der Waals surface area contributed by atoms with E-state index in [9.17, 15) is 9.59 Å². The number of piperidine rings is 1. The maximum Gasteiger partial charge on any atom is 0.326 e. The summed E-state index contributed by atoms with van der Waals surface area (Å²) in [5.74, 6) is -0.548. The predicted octanol–water partition coefficient (Wildman–Crippen LogP) is 0.815. The molecule has 5 heteroatoms. The van der Waals surface area contributed by atoms with Gasteiger partial charge in [-0.3, -0.25) is 4.79 Å². The second kappa shape index (κ2) is 5.24. The molecular weight excluding hydrogens is 202 g/mol. The Bertz CT molecular complexity index is 232. The van der Waals surface area contributed by atoms with Gasteiger partial charge in [-0.1, -0.05) is 0 Å². The average Bonchev–Trinajstić information content (AvgIpc) is 2.18. The Morgan fingerprint density at radius 2 is 2.21 bits per heavy atom. The molecule has 1 fully saturated rings. The topological polar surface area (TPSA) is 57.6 Å². The second-order valence-electron chi connectivity index (χ2n) is 3.37. The summed E-state index contributed by atoms with van der Waals surface area (Å²) in [7, 11) is 0. The van der Waals surface area contributed by atoms with Crippen molar-refractivity contribution in [1.82, 2.24) is 4.90 Å². The van der Waals surface area contributed by atoms with Gasteiger partial charge >= 0.3 is 5.97 Å². The Hall–Kier alpha value is -0.710. The summed E-state index contributed by atoms with van der Waals surface area (Å²) in [5.41, 5.74) is 0. The van der Waals surface area contributed by atoms with E-state index in [1.54, 1.807) is 0 Å². The molecule has 0 saturated carbocycles. The number of rotatable bonds is 3. The molecule has 0 radical (unpaired) electrons. The van der Waals surface area contributed by atoms with E-state index in [4.69, 9.17) is 5.11 Å². The van der Waals surface area contributed by atoms with E-state index in [1.165, 1.54) is 16.7 Å². The molecule has 14 heavy (non-hydrogen) atoms. The van der Waals surface area contributed by atoms with Crippen LogP contribution >= 0.6 is 11.8 Å². The Morgan fingerprint density at radius 1 is 1.50 bits per heavy atom. The number of carboxylic acid groups (broad SMARTS) is 1. The number of thioether (sulfide) groups is 1. The maximum absolute atomic E-state index is 11.6. The van der Waals surface area contributed by atoms with Crippen molar-refractivity contribution in [3.05, 3.63) is 0 Å². The summed E-state index contributed by atoms with van der Waals surface area (Å²) in [5, 5.41) is 8.93. The Kier molecular flexibility index (Phi) is 4.25. The van der Waals surface area contributed by atoms with Gasteiger partial charge in [-0.25, -0.2) is 4.79 Å². The van der Waals surface area contributed by atoms with Crippen molar-refractivity contribution in [2.75, 3.05) is 18.6 Å². The fraction of sp³-hybridized carbons (Fsp3) is 0.778. The predicted molar refractivity (Wildman–Crippen MR) is 55.4 cm³/mol. The van der Waals surface area contributed by atoms with Crippen molar-refractivity contribution in [1.29, 1.82) is 0 Å². The van der Waals surface area contributed by atoms with E-state index in [-0.39, 0.29) is 5.91 Å². The number of amides is 1. The summed E-state index contributed by atoms with van der Waals surface area (Å²) in [6.45, 7) is 0.594. The van der Waals surface area contributed by atoms with Gasteiger partial charge in [-0.05, 0) is 25.5 Å². The Labute approximate surface area is 87.7 Å². The quantitative estimate of drug-likeness (QED) is 0.760. The lowest BCUT2D eigenvalue weighted by atomic mass is 10.0. The lowest BCUT2D eigenvalue weighted by Crippen LogP contribution is -2.48. The van der Waals surface area contributed by atoms with Gasteiger partial charge in [0.25, 0.3) is 0 Å². The highest BCUT2D eigenvalue weighted by Gasteiger charge is 2.31. The van der Waals surface area contributed by atoms with Crippen LogP contribution < -0.4 is 0 Å². The van der Waals surface area contributed by atoms with E-state index < -0.39 is 12.0 Å². The van der Waals surface area contributed by atoms with E-state index >= 15 is 0 Å². The third-order valence-corrected chi connectivity index (χ3v) is 2.91. The van der Waals surface area contributed by atoms with E-state index in [1.807, 2.05) is 6.26 Å². The molecule has 1 amide bonds. The number of carbonyl (C=O) groups excluding carboxylic acids is 1. The first-order chi connectivity index (χ1) is 6.66. The number of likely N-dealkylation sites (tertiary alicyclic amines) is 1. The Morgan fingerprint density at radius 3 is 2.79 bits per heavy atom. The van der Waals surface area contributed by atoms with Crippen molar-refractivity contribution >= 4 is 23.6 Å². The fourth-order valence-electron chi connectivity index (χ4n) is 1.69. The van der Waals surface area contributed by atoms with Crippen molar-refractivity contribution in [2.24, 2.45) is 0 Å². The van der Waals surface area contributed by atoms with Crippen molar-refractivity contribution in [3.63, 3.8) is 0 Å². The number of hydrogen-bond acceptors (Lipinski definition) is 3. The third kappa shape index (κ3) is 2.64. The van der Waals surface area contributed by atoms with Gasteiger partial charge in [0.15, 0.2) is 0 Å². The molecule has 1 aliphatic rings. The van der Waals surface area contributed by atoms with Crippen LogP contribution in [-0.2, 0) is 9.59 Å². The summed E-state index contributed by atoms with van der Waals surface area (Å²) in [4.78, 5) is 23.9. The van der Waals surface area contributed by atoms with Gasteiger partial charge in [-0.2, -0.15) is 11.8 Å². The molecule has 0 aromatic heterocycles. The van der Waals surface area contributed by atoms with Crippen LogP contribution in [0.3, 0.4) is 0 Å². The molecule has 80 valence electrons. The molecule has 1 heterocycles. The van der Waals surface area contributed by atoms with Crippen LogP contribution in [0.2, 0.25) is 0 Å². The fourth-order valence-corrected chi connectivity index (χ4v) is 2.11. The minimum absolute atomic E-state index is 0.0513. The minimum Gasteiger partial charge on any atom is -0.480 e. The van der Waals surface area contributed by atoms with Crippen LogP contribution in [0.15, 0.2) is 0 Å². The van der Waals surface area contributed by atoms with Gasteiger partial charge in [0, 0.05) is 6.54 Å². The molecule has 0 aromatic rings. The summed E-state index contributed by atoms with van der Waals surface area (Å²) in [6.07, 6.45) is 4.26.